The van der Waals surface area contributed by atoms with Gasteiger partial charge in [0.25, 0.3) is 16.7 Å². The van der Waals surface area contributed by atoms with E-state index < -0.39 is 28.4 Å². The summed E-state index contributed by atoms with van der Waals surface area (Å²) in [5.41, 5.74) is 9.26. The van der Waals surface area contributed by atoms with Crippen LogP contribution in [-0.2, 0) is 18.9 Å². The van der Waals surface area contributed by atoms with E-state index in [0.717, 1.165) is 139 Å². The van der Waals surface area contributed by atoms with Crippen LogP contribution in [0.15, 0.2) is 295 Å². The molecule has 28 heteroatoms. The molecule has 0 unspecified atom stereocenters. The standard InChI is InChI=1S/C26H25FN4O2.2C26H28N4O3.C26H26N4O3.C6H8/c1-26(2)22(18-7-4-3-5-8-18)31(25(32)33-26)20-11-9-17(10-12-20)19-15-21(23(27)30-16-19)24-28-13-6-14-29-24;3*1-26(2)22(18-7-4-3-5-8-18)30(25(32)33-26)20-11-9-17(10-12-20)19-15-21(24(31)29-16-19)23-27-13-6-14-28-23;1-2-4-6-5-3-1/h3-9,13-16,20,22H,10-12H2,1-2H3;2*3-8,13-17,20,22H,9-12H2,1-2H3,(H,29,31);3-9,13-16,20,22H,10-12H2,1-2H3,(H,29,31);1-4H,5-6H2/t20-,22-;2*17?,20?,22-;20-,22-;/m0000./s1. The van der Waals surface area contributed by atoms with E-state index in [2.05, 4.69) is 133 Å². The Morgan fingerprint density at radius 2 is 0.609 bits per heavy atom. The molecule has 6 atom stereocenters. The smallest absolute Gasteiger partial charge is 0.411 e. The number of benzene rings is 4. The molecule has 4 amide bonds. The van der Waals surface area contributed by atoms with Crippen LogP contribution in [0.1, 0.15) is 239 Å². The van der Waals surface area contributed by atoms with E-state index in [9.17, 15) is 38.0 Å². The van der Waals surface area contributed by atoms with Gasteiger partial charge in [-0.05, 0) is 274 Å². The Labute approximate surface area is 801 Å². The summed E-state index contributed by atoms with van der Waals surface area (Å²) in [7, 11) is 0. The molecular formula is C110H115FN16O11. The highest BCUT2D eigenvalue weighted by Crippen LogP contribution is 2.51. The third-order valence-electron chi connectivity index (χ3n) is 27.6. The lowest BCUT2D eigenvalue weighted by atomic mass is 9.80. The predicted molar refractivity (Wildman–Crippen MR) is 525 cm³/mol. The molecule has 708 valence electrons. The second-order valence-corrected chi connectivity index (χ2v) is 38.4. The summed E-state index contributed by atoms with van der Waals surface area (Å²) < 4.78 is 37.5. The number of carbonyl (C=O) groups is 4. The Morgan fingerprint density at radius 1 is 0.319 bits per heavy atom. The van der Waals surface area contributed by atoms with E-state index in [-0.39, 0.29) is 94.9 Å². The van der Waals surface area contributed by atoms with Crippen LogP contribution in [0, 0.1) is 5.95 Å². The first kappa shape index (κ1) is 94.9. The average molecular weight is 1860 g/mol. The molecule has 8 aromatic heterocycles. The molecule has 4 saturated heterocycles. The maximum absolute atomic E-state index is 14.3. The molecule has 6 fully saturated rings. The molecule has 138 heavy (non-hydrogen) atoms. The highest BCUT2D eigenvalue weighted by Gasteiger charge is 2.56. The molecule has 12 aromatic rings. The lowest BCUT2D eigenvalue weighted by molar-refractivity contribution is 0.0656. The number of halogens is 1. The maximum atomic E-state index is 14.3. The van der Waals surface area contributed by atoms with Crippen LogP contribution in [0.2, 0.25) is 0 Å². The lowest BCUT2D eigenvalue weighted by Gasteiger charge is -2.38. The van der Waals surface area contributed by atoms with Crippen LogP contribution in [0.5, 0.6) is 0 Å². The molecule has 21 rings (SSSR count). The summed E-state index contributed by atoms with van der Waals surface area (Å²) in [6.07, 6.45) is 46.0. The van der Waals surface area contributed by atoms with Crippen molar-refractivity contribution in [3.8, 4) is 45.6 Å². The number of aromatic nitrogens is 12. The average Bonchev–Trinajstić information content (AvgIpc) is 1.62. The first-order chi connectivity index (χ1) is 66.7. The van der Waals surface area contributed by atoms with Crippen molar-refractivity contribution < 1.29 is 42.5 Å². The van der Waals surface area contributed by atoms with Gasteiger partial charge in [-0.1, -0.05) is 158 Å². The number of hydrogen-bond acceptors (Lipinski definition) is 20. The molecule has 27 nitrogen and oxygen atoms in total. The number of nitrogens with zero attached hydrogens (tertiary/aromatic N) is 13. The maximum Gasteiger partial charge on any atom is 0.411 e. The number of aromatic amines is 3. The van der Waals surface area contributed by atoms with Gasteiger partial charge >= 0.3 is 24.4 Å². The quantitative estimate of drug-likeness (QED) is 0.0597. The number of nitrogens with one attached hydrogen (secondary N) is 3. The fraction of sp³-hybridized carbons (Fsp3) is 0.345. The Hall–Kier alpha value is -14.8. The molecule has 9 aliphatic rings. The van der Waals surface area contributed by atoms with Gasteiger partial charge in [0, 0.05) is 98.5 Å². The van der Waals surface area contributed by atoms with Crippen molar-refractivity contribution in [3.05, 3.63) is 362 Å². The van der Waals surface area contributed by atoms with Crippen molar-refractivity contribution in [2.24, 2.45) is 0 Å². The van der Waals surface area contributed by atoms with E-state index in [0.29, 0.717) is 58.2 Å². The Bertz CT molecular complexity index is 6390. The molecule has 0 bridgehead atoms. The van der Waals surface area contributed by atoms with Crippen molar-refractivity contribution >= 4 is 35.5 Å². The van der Waals surface area contributed by atoms with E-state index in [4.69, 9.17) is 18.9 Å². The van der Waals surface area contributed by atoms with E-state index in [1.165, 1.54) is 12.8 Å². The second-order valence-electron chi connectivity index (χ2n) is 38.4. The number of carbonyl (C=O) groups excluding carboxylic acids is 4. The molecule has 0 radical (unpaired) electrons. The minimum atomic E-state index is -0.617. The van der Waals surface area contributed by atoms with Gasteiger partial charge in [0.1, 0.15) is 22.4 Å². The fourth-order valence-corrected chi connectivity index (χ4v) is 21.1. The van der Waals surface area contributed by atoms with Crippen molar-refractivity contribution in [3.63, 3.8) is 0 Å². The minimum absolute atomic E-state index is 0.0264. The largest absolute Gasteiger partial charge is 0.441 e. The van der Waals surface area contributed by atoms with Gasteiger partial charge in [-0.3, -0.25) is 34.0 Å². The number of pyridine rings is 4. The van der Waals surface area contributed by atoms with Gasteiger partial charge in [-0.2, -0.15) is 4.39 Å². The van der Waals surface area contributed by atoms with Gasteiger partial charge < -0.3 is 33.9 Å². The predicted octanol–water partition coefficient (Wildman–Crippen LogP) is 21.9. The Balaban J connectivity index is 0.000000124. The van der Waals surface area contributed by atoms with Gasteiger partial charge in [0.2, 0.25) is 5.95 Å². The van der Waals surface area contributed by atoms with E-state index >= 15 is 0 Å². The molecule has 4 aliphatic heterocycles. The van der Waals surface area contributed by atoms with Crippen LogP contribution in [0.4, 0.5) is 23.6 Å². The van der Waals surface area contributed by atoms with Gasteiger partial charge in [0.05, 0.1) is 46.4 Å². The number of cyclic esters (lactones) is 4. The van der Waals surface area contributed by atoms with Gasteiger partial charge in [0.15, 0.2) is 23.3 Å². The summed E-state index contributed by atoms with van der Waals surface area (Å²) >= 11 is 0. The molecule has 0 spiro atoms. The lowest BCUT2D eigenvalue weighted by Crippen LogP contribution is -2.42. The molecule has 4 aromatic carbocycles. The van der Waals surface area contributed by atoms with Crippen LogP contribution in [0.25, 0.3) is 56.7 Å². The monoisotopic (exact) mass is 1850 g/mol. The van der Waals surface area contributed by atoms with Crippen LogP contribution in [-0.4, -0.2) is 150 Å². The first-order valence-corrected chi connectivity index (χ1v) is 47.6. The molecule has 3 N–H and O–H groups in total. The molecule has 12 heterocycles. The zero-order chi connectivity index (χ0) is 96.2. The van der Waals surface area contributed by atoms with Crippen molar-refractivity contribution in [1.82, 2.24) is 79.4 Å². The summed E-state index contributed by atoms with van der Waals surface area (Å²) in [5, 5.41) is 0. The zero-order valence-corrected chi connectivity index (χ0v) is 78.8. The zero-order valence-electron chi connectivity index (χ0n) is 78.8. The van der Waals surface area contributed by atoms with E-state index in [1.807, 2.05) is 178 Å². The Kier molecular flexibility index (Phi) is 28.7. The number of rotatable bonds is 16. The van der Waals surface area contributed by atoms with Crippen LogP contribution >= 0.6 is 0 Å². The molecular weight excluding hydrogens is 1740 g/mol. The summed E-state index contributed by atoms with van der Waals surface area (Å²) in [4.78, 5) is 142. The fourth-order valence-electron chi connectivity index (χ4n) is 21.1. The number of H-pyrrole nitrogens is 3. The SMILES string of the molecule is C1=CCCC=C1.CC1(C)OC(=O)N(C2CCC(c3c[nH]c(=O)c(-c4ncccn4)c3)CC2)[C@H]1c1ccccc1.CC1(C)OC(=O)N(C2CCC(c3c[nH]c(=O)c(-c4ncccn4)c3)CC2)[C@H]1c1ccccc1.CC1(C)OC(=O)N([C@H]2CC=C(c3c[nH]c(=O)c(-c4ncccn4)c3)CC2)[C@H]1c1ccccc1.CC1(C)OC(=O)N([C@H]2CC=C(c3cnc(F)c(-c4ncccn4)c3)CC2)[C@H]1c1ccccc1. The van der Waals surface area contributed by atoms with Crippen LogP contribution in [0.3, 0.4) is 0 Å². The summed E-state index contributed by atoms with van der Waals surface area (Å²) in [5.74, 6) is 1.61. The van der Waals surface area contributed by atoms with Crippen LogP contribution < -0.4 is 16.7 Å². The first-order valence-electron chi connectivity index (χ1n) is 47.6. The number of amides is 4. The number of hydrogen-bond donors (Lipinski definition) is 3. The number of allylic oxidation sites excluding steroid dienone is 6. The second kappa shape index (κ2) is 41.8. The normalized spacial score (nSPS) is 23.1. The van der Waals surface area contributed by atoms with Crippen molar-refractivity contribution in [2.45, 2.75) is 241 Å². The highest BCUT2D eigenvalue weighted by molar-refractivity contribution is 5.77. The summed E-state index contributed by atoms with van der Waals surface area (Å²) in [6.45, 7) is 15.8. The van der Waals surface area contributed by atoms with E-state index in [1.54, 1.807) is 105 Å². The van der Waals surface area contributed by atoms with Gasteiger partial charge in [-0.15, -0.1) is 0 Å². The van der Waals surface area contributed by atoms with Crippen molar-refractivity contribution in [2.75, 3.05) is 0 Å². The highest BCUT2D eigenvalue weighted by atomic mass is 19.1. The Morgan fingerprint density at radius 3 is 0.913 bits per heavy atom. The van der Waals surface area contributed by atoms with Gasteiger partial charge in [-0.25, -0.2) is 64.0 Å². The van der Waals surface area contributed by atoms with Crippen molar-refractivity contribution in [1.29, 1.82) is 0 Å². The third-order valence-corrected chi connectivity index (χ3v) is 27.6. The minimum Gasteiger partial charge on any atom is -0.441 e. The number of ether oxygens (including phenoxy) is 4. The molecule has 5 aliphatic carbocycles. The third kappa shape index (κ3) is 21.2. The molecule has 2 saturated carbocycles. The summed E-state index contributed by atoms with van der Waals surface area (Å²) in [6, 6.07) is 54.5. The topological polar surface area (TPSA) is 333 Å².